The number of likely N-dealkylation sites (tertiary alicyclic amines) is 1. The molecule has 1 saturated heterocycles. The van der Waals surface area contributed by atoms with E-state index in [1.54, 1.807) is 0 Å². The van der Waals surface area contributed by atoms with Crippen molar-refractivity contribution in [3.8, 4) is 11.6 Å². The average molecular weight is 434 g/mol. The van der Waals surface area contributed by atoms with Gasteiger partial charge in [-0.25, -0.2) is 13.1 Å². The van der Waals surface area contributed by atoms with Crippen LogP contribution in [0.15, 0.2) is 53.4 Å². The summed E-state index contributed by atoms with van der Waals surface area (Å²) in [6, 6.07) is 13.7. The Bertz CT molecular complexity index is 1080. The lowest BCUT2D eigenvalue weighted by atomic mass is 10.1. The third kappa shape index (κ3) is 4.87. The van der Waals surface area contributed by atoms with Gasteiger partial charge in [0.25, 0.3) is 0 Å². The molecular weight excluding hydrogens is 410 g/mol. The summed E-state index contributed by atoms with van der Waals surface area (Å²) < 4.78 is 38.7. The first kappa shape index (κ1) is 20.1. The number of nitrogens with one attached hydrogen (secondary N) is 1. The average Bonchev–Trinajstić information content (AvgIpc) is 3.34. The van der Waals surface area contributed by atoms with Gasteiger partial charge in [-0.1, -0.05) is 18.2 Å². The second kappa shape index (κ2) is 8.66. The number of hydrogen-bond donors (Lipinski definition) is 2. The van der Waals surface area contributed by atoms with Crippen molar-refractivity contribution in [1.29, 1.82) is 0 Å². The van der Waals surface area contributed by atoms with E-state index in [-0.39, 0.29) is 16.6 Å². The van der Waals surface area contributed by atoms with Crippen molar-refractivity contribution >= 4 is 31.6 Å². The van der Waals surface area contributed by atoms with E-state index < -0.39 is 10.0 Å². The summed E-state index contributed by atoms with van der Waals surface area (Å²) >= 11 is 1.44. The number of sulfonamides is 1. The van der Waals surface area contributed by atoms with Gasteiger partial charge in [-0.05, 0) is 60.7 Å². The van der Waals surface area contributed by atoms with E-state index in [1.807, 2.05) is 24.3 Å². The zero-order chi connectivity index (χ0) is 20.3. The Morgan fingerprint density at radius 3 is 2.97 bits per heavy atom. The van der Waals surface area contributed by atoms with Crippen LogP contribution in [-0.4, -0.2) is 55.6 Å². The molecule has 9 heteroatoms. The highest BCUT2D eigenvalue weighted by molar-refractivity contribution is 7.89. The zero-order valence-electron chi connectivity index (χ0n) is 15.8. The number of nitrogens with zero attached hydrogens (tertiary/aromatic N) is 2. The predicted molar refractivity (Wildman–Crippen MR) is 113 cm³/mol. The second-order valence-corrected chi connectivity index (χ2v) is 9.71. The lowest BCUT2D eigenvalue weighted by Crippen LogP contribution is -2.32. The Morgan fingerprint density at radius 2 is 2.10 bits per heavy atom. The number of ether oxygens (including phenoxy) is 1. The Balaban J connectivity index is 1.23. The van der Waals surface area contributed by atoms with E-state index in [0.717, 1.165) is 36.1 Å². The SMILES string of the molecule is O=S(=O)(NCC1CCN(CCOc2nsc3ccccc23)C1)c1cccc(O)c1. The highest BCUT2D eigenvalue weighted by Crippen LogP contribution is 2.28. The standard InChI is InChI=1S/C20H23N3O4S2/c24-16-4-3-5-17(12-16)29(25,26)21-13-15-8-9-23(14-15)10-11-27-20-18-6-1-2-7-19(18)28-22-20/h1-7,12,15,21,24H,8-11,13-14H2. The van der Waals surface area contributed by atoms with E-state index in [4.69, 9.17) is 4.74 Å². The molecule has 4 rings (SSSR count). The van der Waals surface area contributed by atoms with Crippen molar-refractivity contribution < 1.29 is 18.3 Å². The minimum absolute atomic E-state index is 0.0622. The molecule has 7 nitrogen and oxygen atoms in total. The number of phenols is 1. The van der Waals surface area contributed by atoms with Crippen molar-refractivity contribution in [2.24, 2.45) is 5.92 Å². The lowest BCUT2D eigenvalue weighted by molar-refractivity contribution is 0.230. The van der Waals surface area contributed by atoms with E-state index in [1.165, 1.54) is 35.8 Å². The summed E-state index contributed by atoms with van der Waals surface area (Å²) in [7, 11) is -3.62. The number of fused-ring (bicyclic) bond motifs is 1. The number of aromatic hydroxyl groups is 1. The maximum Gasteiger partial charge on any atom is 0.240 e. The highest BCUT2D eigenvalue weighted by Gasteiger charge is 2.24. The molecule has 1 aliphatic heterocycles. The third-order valence-corrected chi connectivity index (χ3v) is 7.28. The molecule has 0 bridgehead atoms. The molecular formula is C20H23N3O4S2. The molecule has 154 valence electrons. The van der Waals surface area contributed by atoms with Crippen molar-refractivity contribution in [2.75, 3.05) is 32.8 Å². The first-order valence-electron chi connectivity index (χ1n) is 9.49. The summed E-state index contributed by atoms with van der Waals surface area (Å²) in [5, 5.41) is 10.5. The fourth-order valence-electron chi connectivity index (χ4n) is 3.48. The molecule has 0 saturated carbocycles. The van der Waals surface area contributed by atoms with E-state index in [9.17, 15) is 13.5 Å². The molecule has 3 aromatic rings. The fourth-order valence-corrected chi connectivity index (χ4v) is 5.36. The normalized spacial score (nSPS) is 17.7. The Hall–Kier alpha value is -2.20. The maximum atomic E-state index is 12.4. The van der Waals surface area contributed by atoms with Gasteiger partial charge in [0.1, 0.15) is 12.4 Å². The van der Waals surface area contributed by atoms with Gasteiger partial charge in [-0.2, -0.15) is 4.37 Å². The summed E-state index contributed by atoms with van der Waals surface area (Å²) in [6.07, 6.45) is 0.933. The Kier molecular flexibility index (Phi) is 6.00. The predicted octanol–water partition coefficient (Wildman–Crippen LogP) is 2.68. The quantitative estimate of drug-likeness (QED) is 0.568. The first-order chi connectivity index (χ1) is 14.0. The molecule has 0 spiro atoms. The second-order valence-electron chi connectivity index (χ2n) is 7.14. The van der Waals surface area contributed by atoms with Crippen LogP contribution >= 0.6 is 11.5 Å². The van der Waals surface area contributed by atoms with Crippen molar-refractivity contribution in [2.45, 2.75) is 11.3 Å². The molecule has 0 aliphatic carbocycles. The highest BCUT2D eigenvalue weighted by atomic mass is 32.2. The van der Waals surface area contributed by atoms with E-state index >= 15 is 0 Å². The summed E-state index contributed by atoms with van der Waals surface area (Å²) in [5.74, 6) is 0.871. The van der Waals surface area contributed by atoms with Crippen LogP contribution in [0.1, 0.15) is 6.42 Å². The van der Waals surface area contributed by atoms with Gasteiger partial charge in [0, 0.05) is 19.6 Å². The van der Waals surface area contributed by atoms with Gasteiger partial charge < -0.3 is 9.84 Å². The van der Waals surface area contributed by atoms with Crippen molar-refractivity contribution in [3.63, 3.8) is 0 Å². The lowest BCUT2D eigenvalue weighted by Gasteiger charge is -2.16. The van der Waals surface area contributed by atoms with Crippen LogP contribution in [-0.2, 0) is 10.0 Å². The molecule has 29 heavy (non-hydrogen) atoms. The van der Waals surface area contributed by atoms with Gasteiger partial charge in [-0.3, -0.25) is 4.90 Å². The van der Waals surface area contributed by atoms with Crippen LogP contribution in [0, 0.1) is 5.92 Å². The fraction of sp³-hybridized carbons (Fsp3) is 0.350. The number of aromatic nitrogens is 1. The van der Waals surface area contributed by atoms with Crippen molar-refractivity contribution in [1.82, 2.24) is 14.0 Å². The number of phenolic OH excluding ortho intramolecular Hbond substituents is 1. The molecule has 1 fully saturated rings. The molecule has 2 heterocycles. The minimum atomic E-state index is -3.62. The summed E-state index contributed by atoms with van der Waals surface area (Å²) in [6.45, 7) is 3.45. The summed E-state index contributed by atoms with van der Waals surface area (Å²) in [5.41, 5.74) is 0. The van der Waals surface area contributed by atoms with Gasteiger partial charge in [0.05, 0.1) is 15.0 Å². The molecule has 0 amide bonds. The minimum Gasteiger partial charge on any atom is -0.508 e. The molecule has 1 aliphatic rings. The van der Waals surface area contributed by atoms with Crippen LogP contribution in [0.25, 0.3) is 10.1 Å². The van der Waals surface area contributed by atoms with Gasteiger partial charge in [-0.15, -0.1) is 0 Å². The Morgan fingerprint density at radius 1 is 1.24 bits per heavy atom. The van der Waals surface area contributed by atoms with Crippen LogP contribution in [0.2, 0.25) is 0 Å². The summed E-state index contributed by atoms with van der Waals surface area (Å²) in [4.78, 5) is 2.36. The van der Waals surface area contributed by atoms with E-state index in [2.05, 4.69) is 14.0 Å². The van der Waals surface area contributed by atoms with Gasteiger partial charge >= 0.3 is 0 Å². The van der Waals surface area contributed by atoms with E-state index in [0.29, 0.717) is 19.0 Å². The zero-order valence-corrected chi connectivity index (χ0v) is 17.5. The van der Waals surface area contributed by atoms with Gasteiger partial charge in [0.15, 0.2) is 0 Å². The molecule has 2 N–H and O–H groups in total. The van der Waals surface area contributed by atoms with Crippen molar-refractivity contribution in [3.05, 3.63) is 48.5 Å². The topological polar surface area (TPSA) is 91.8 Å². The maximum absolute atomic E-state index is 12.4. The molecule has 1 aromatic heterocycles. The van der Waals surface area contributed by atoms with Crippen LogP contribution in [0.3, 0.4) is 0 Å². The van der Waals surface area contributed by atoms with Crippen LogP contribution in [0.5, 0.6) is 11.6 Å². The largest absolute Gasteiger partial charge is 0.508 e. The first-order valence-corrected chi connectivity index (χ1v) is 11.8. The molecule has 0 radical (unpaired) electrons. The van der Waals surface area contributed by atoms with Crippen LogP contribution in [0.4, 0.5) is 0 Å². The molecule has 1 unspecified atom stereocenters. The molecule has 1 atom stereocenters. The Labute approximate surface area is 174 Å². The van der Waals surface area contributed by atoms with Gasteiger partial charge in [0.2, 0.25) is 15.9 Å². The smallest absolute Gasteiger partial charge is 0.240 e. The monoisotopic (exact) mass is 433 g/mol. The third-order valence-electron chi connectivity index (χ3n) is 5.05. The number of hydrogen-bond acceptors (Lipinski definition) is 7. The number of benzene rings is 2. The number of rotatable bonds is 8. The van der Waals surface area contributed by atoms with Crippen LogP contribution < -0.4 is 9.46 Å². The molecule has 2 aromatic carbocycles.